The van der Waals surface area contributed by atoms with Gasteiger partial charge in [-0.25, -0.2) is 9.59 Å². The van der Waals surface area contributed by atoms with Crippen LogP contribution in [0.2, 0.25) is 0 Å². The lowest BCUT2D eigenvalue weighted by molar-refractivity contribution is 0.0501. The van der Waals surface area contributed by atoms with E-state index in [1.54, 1.807) is 36.5 Å². The summed E-state index contributed by atoms with van der Waals surface area (Å²) in [4.78, 5) is 24.2. The third-order valence-electron chi connectivity index (χ3n) is 3.49. The first-order valence-electron chi connectivity index (χ1n) is 8.36. The number of hydrogen-bond donors (Lipinski definition) is 2. The Morgan fingerprint density at radius 3 is 2.58 bits per heavy atom. The first-order chi connectivity index (χ1) is 12.6. The molecule has 5 nitrogen and oxygen atoms in total. The predicted molar refractivity (Wildman–Crippen MR) is 107 cm³/mol. The number of halogens is 1. The molecule has 2 rings (SSSR count). The minimum absolute atomic E-state index is 0.329. The van der Waals surface area contributed by atoms with Crippen molar-refractivity contribution in [1.29, 1.82) is 0 Å². The number of amides is 2. The first kappa shape index (κ1) is 19.7. The van der Waals surface area contributed by atoms with Crippen LogP contribution in [0.25, 0.3) is 6.08 Å². The smallest absolute Gasteiger partial charge is 0.340 e. The molecule has 136 valence electrons. The molecule has 2 aromatic rings. The molecular formula is C20H21BrN2O3. The van der Waals surface area contributed by atoms with Gasteiger partial charge in [-0.1, -0.05) is 53.5 Å². The van der Waals surface area contributed by atoms with Crippen molar-refractivity contribution in [3.8, 4) is 0 Å². The fraction of sp³-hybridized carbons (Fsp3) is 0.200. The second-order valence-corrected chi connectivity index (χ2v) is 6.43. The molecule has 0 saturated heterocycles. The van der Waals surface area contributed by atoms with Crippen molar-refractivity contribution >= 4 is 39.7 Å². The van der Waals surface area contributed by atoms with Crippen molar-refractivity contribution in [2.75, 3.05) is 11.9 Å². The van der Waals surface area contributed by atoms with E-state index in [0.717, 1.165) is 22.9 Å². The number of anilines is 1. The van der Waals surface area contributed by atoms with Gasteiger partial charge in [-0.15, -0.1) is 0 Å². The second-order valence-electron chi connectivity index (χ2n) is 5.52. The molecule has 0 fully saturated rings. The molecule has 2 aromatic carbocycles. The van der Waals surface area contributed by atoms with Crippen LogP contribution in [0.15, 0.2) is 59.2 Å². The number of benzene rings is 2. The largest absolute Gasteiger partial charge is 0.462 e. The zero-order chi connectivity index (χ0) is 18.8. The normalized spacial score (nSPS) is 10.5. The molecule has 0 spiro atoms. The number of carbonyl (C=O) groups is 2. The Hall–Kier alpha value is -2.60. The highest BCUT2D eigenvalue weighted by molar-refractivity contribution is 9.10. The molecule has 0 radical (unpaired) electrons. The molecule has 0 atom stereocenters. The molecule has 0 bridgehead atoms. The summed E-state index contributed by atoms with van der Waals surface area (Å²) < 4.78 is 6.20. The average molecular weight is 417 g/mol. The molecule has 6 heteroatoms. The summed E-state index contributed by atoms with van der Waals surface area (Å²) in [6.45, 7) is 2.39. The highest BCUT2D eigenvalue weighted by atomic mass is 79.9. The predicted octanol–water partition coefficient (Wildman–Crippen LogP) is 5.20. The molecule has 0 aliphatic rings. The number of ether oxygens (including phenoxy) is 1. The van der Waals surface area contributed by atoms with Crippen LogP contribution in [0.5, 0.6) is 0 Å². The number of carbonyl (C=O) groups excluding carboxylic acids is 2. The van der Waals surface area contributed by atoms with Gasteiger partial charge in [-0.05, 0) is 42.3 Å². The van der Waals surface area contributed by atoms with Crippen molar-refractivity contribution in [3.05, 3.63) is 70.3 Å². The van der Waals surface area contributed by atoms with Crippen molar-refractivity contribution in [3.63, 3.8) is 0 Å². The van der Waals surface area contributed by atoms with E-state index in [1.807, 2.05) is 31.2 Å². The van der Waals surface area contributed by atoms with Gasteiger partial charge in [0.15, 0.2) is 0 Å². The maximum absolute atomic E-state index is 12.1. The standard InChI is InChI=1S/C20H21BrN2O3/c1-2-3-14-26-19(24)17-6-4-5-7-18(17)23-20(25)22-13-12-15-8-10-16(21)11-9-15/h4-13H,2-3,14H2,1H3,(H2,22,23,25)/b13-12+. The number of para-hydroxylation sites is 1. The topological polar surface area (TPSA) is 67.4 Å². The van der Waals surface area contributed by atoms with Crippen molar-refractivity contribution in [2.24, 2.45) is 0 Å². The Labute approximate surface area is 161 Å². The maximum atomic E-state index is 12.1. The molecular weight excluding hydrogens is 396 g/mol. The van der Waals surface area contributed by atoms with Crippen LogP contribution in [0.4, 0.5) is 10.5 Å². The number of unbranched alkanes of at least 4 members (excludes halogenated alkanes) is 1. The quantitative estimate of drug-likeness (QED) is 0.481. The SMILES string of the molecule is CCCCOC(=O)c1ccccc1NC(=O)N/C=C/c1ccc(Br)cc1. The van der Waals surface area contributed by atoms with Gasteiger partial charge >= 0.3 is 12.0 Å². The van der Waals surface area contributed by atoms with E-state index in [-0.39, 0.29) is 0 Å². The molecule has 0 aliphatic carbocycles. The van der Waals surface area contributed by atoms with Crippen LogP contribution in [0.1, 0.15) is 35.7 Å². The highest BCUT2D eigenvalue weighted by Gasteiger charge is 2.13. The van der Waals surface area contributed by atoms with Crippen LogP contribution in [-0.2, 0) is 4.74 Å². The van der Waals surface area contributed by atoms with E-state index in [9.17, 15) is 9.59 Å². The lowest BCUT2D eigenvalue weighted by Crippen LogP contribution is -2.25. The monoisotopic (exact) mass is 416 g/mol. The Balaban J connectivity index is 1.94. The summed E-state index contributed by atoms with van der Waals surface area (Å²) in [5.74, 6) is -0.445. The lowest BCUT2D eigenvalue weighted by Gasteiger charge is -2.10. The van der Waals surface area contributed by atoms with Gasteiger partial charge in [0.1, 0.15) is 0 Å². The fourth-order valence-electron chi connectivity index (χ4n) is 2.10. The number of hydrogen-bond acceptors (Lipinski definition) is 3. The van der Waals surface area contributed by atoms with Gasteiger partial charge in [0.05, 0.1) is 17.9 Å². The molecule has 0 heterocycles. The highest BCUT2D eigenvalue weighted by Crippen LogP contribution is 2.16. The second kappa shape index (κ2) is 10.4. The van der Waals surface area contributed by atoms with E-state index >= 15 is 0 Å². The van der Waals surface area contributed by atoms with Crippen molar-refractivity contribution < 1.29 is 14.3 Å². The molecule has 0 aromatic heterocycles. The van der Waals surface area contributed by atoms with Crippen LogP contribution in [-0.4, -0.2) is 18.6 Å². The molecule has 26 heavy (non-hydrogen) atoms. The van der Waals surface area contributed by atoms with Crippen molar-refractivity contribution in [2.45, 2.75) is 19.8 Å². The Kier molecular flexibility index (Phi) is 7.89. The van der Waals surface area contributed by atoms with E-state index in [2.05, 4.69) is 26.6 Å². The Bertz CT molecular complexity index is 773. The third-order valence-corrected chi connectivity index (χ3v) is 4.02. The zero-order valence-corrected chi connectivity index (χ0v) is 16.1. The number of nitrogens with one attached hydrogen (secondary N) is 2. The number of rotatable bonds is 7. The Morgan fingerprint density at radius 1 is 1.12 bits per heavy atom. The van der Waals surface area contributed by atoms with E-state index in [4.69, 9.17) is 4.74 Å². The molecule has 0 saturated carbocycles. The number of urea groups is 1. The zero-order valence-electron chi connectivity index (χ0n) is 14.5. The Morgan fingerprint density at radius 2 is 1.85 bits per heavy atom. The summed E-state index contributed by atoms with van der Waals surface area (Å²) in [6, 6.07) is 14.0. The summed E-state index contributed by atoms with van der Waals surface area (Å²) in [7, 11) is 0. The van der Waals surface area contributed by atoms with Crippen molar-refractivity contribution in [1.82, 2.24) is 5.32 Å². The van der Waals surface area contributed by atoms with Crippen LogP contribution in [0.3, 0.4) is 0 Å². The van der Waals surface area contributed by atoms with Crippen LogP contribution in [0, 0.1) is 0 Å². The summed E-state index contributed by atoms with van der Waals surface area (Å²) in [5.41, 5.74) is 1.69. The molecule has 0 unspecified atom stereocenters. The van der Waals surface area contributed by atoms with E-state index < -0.39 is 12.0 Å². The minimum atomic E-state index is -0.445. The fourth-order valence-corrected chi connectivity index (χ4v) is 2.37. The van der Waals surface area contributed by atoms with Gasteiger partial charge in [0.2, 0.25) is 0 Å². The van der Waals surface area contributed by atoms with Gasteiger partial charge < -0.3 is 15.4 Å². The van der Waals surface area contributed by atoms with E-state index in [1.165, 1.54) is 0 Å². The maximum Gasteiger partial charge on any atom is 0.340 e. The molecule has 2 N–H and O–H groups in total. The van der Waals surface area contributed by atoms with Gasteiger partial charge in [-0.2, -0.15) is 0 Å². The van der Waals surface area contributed by atoms with E-state index in [0.29, 0.717) is 17.9 Å². The molecule has 0 aliphatic heterocycles. The van der Waals surface area contributed by atoms with Gasteiger partial charge in [0, 0.05) is 10.7 Å². The lowest BCUT2D eigenvalue weighted by atomic mass is 10.2. The number of esters is 1. The average Bonchev–Trinajstić information content (AvgIpc) is 2.64. The van der Waals surface area contributed by atoms with Crippen LogP contribution < -0.4 is 10.6 Å². The first-order valence-corrected chi connectivity index (χ1v) is 9.15. The minimum Gasteiger partial charge on any atom is -0.462 e. The van der Waals surface area contributed by atoms with Gasteiger partial charge in [-0.3, -0.25) is 0 Å². The summed E-state index contributed by atoms with van der Waals surface area (Å²) >= 11 is 3.37. The van der Waals surface area contributed by atoms with Crippen LogP contribution >= 0.6 is 15.9 Å². The summed E-state index contributed by atoms with van der Waals surface area (Å²) in [5, 5.41) is 5.29. The van der Waals surface area contributed by atoms with Gasteiger partial charge in [0.25, 0.3) is 0 Å². The summed E-state index contributed by atoms with van der Waals surface area (Å²) in [6.07, 6.45) is 5.07. The third kappa shape index (κ3) is 6.37. The molecule has 2 amide bonds.